The van der Waals surface area contributed by atoms with Gasteiger partial charge in [0.25, 0.3) is 0 Å². The monoisotopic (exact) mass is 318 g/mol. The second kappa shape index (κ2) is 6.69. The van der Waals surface area contributed by atoms with Crippen LogP contribution in [0.2, 0.25) is 0 Å². The van der Waals surface area contributed by atoms with Crippen molar-refractivity contribution in [3.05, 3.63) is 35.6 Å². The standard InChI is InChI=1S/C18H23FN2O2/c1-13-8-10-21(18(13)14-5-4-6-15(19)11-14)17(23)12-20-9-3-2-7-16(20)22/h4-6,11,13,18H,2-3,7-10,12H2,1H3/t13-,18-/m1/s1. The van der Waals surface area contributed by atoms with Gasteiger partial charge in [-0.05, 0) is 42.9 Å². The van der Waals surface area contributed by atoms with Gasteiger partial charge in [-0.3, -0.25) is 9.59 Å². The minimum atomic E-state index is -0.278. The molecule has 0 bridgehead atoms. The number of hydrogen-bond acceptors (Lipinski definition) is 2. The quantitative estimate of drug-likeness (QED) is 0.860. The second-order valence-electron chi connectivity index (χ2n) is 6.63. The molecule has 2 saturated heterocycles. The number of benzene rings is 1. The lowest BCUT2D eigenvalue weighted by atomic mass is 9.95. The number of amides is 2. The van der Waals surface area contributed by atoms with Crippen LogP contribution in [-0.4, -0.2) is 41.2 Å². The van der Waals surface area contributed by atoms with Crippen molar-refractivity contribution in [3.63, 3.8) is 0 Å². The Bertz CT molecular complexity index is 604. The predicted molar refractivity (Wildman–Crippen MR) is 85.1 cm³/mol. The van der Waals surface area contributed by atoms with Crippen LogP contribution in [0, 0.1) is 11.7 Å². The van der Waals surface area contributed by atoms with Gasteiger partial charge in [-0.2, -0.15) is 0 Å². The molecule has 5 heteroatoms. The average molecular weight is 318 g/mol. The van der Waals surface area contributed by atoms with Crippen LogP contribution in [0.5, 0.6) is 0 Å². The maximum atomic E-state index is 13.5. The van der Waals surface area contributed by atoms with E-state index in [1.165, 1.54) is 12.1 Å². The molecule has 1 aromatic carbocycles. The number of carbonyl (C=O) groups is 2. The van der Waals surface area contributed by atoms with Crippen LogP contribution in [0.4, 0.5) is 4.39 Å². The van der Waals surface area contributed by atoms with Crippen LogP contribution < -0.4 is 0 Å². The summed E-state index contributed by atoms with van der Waals surface area (Å²) in [6, 6.07) is 6.40. The normalized spacial score (nSPS) is 25.0. The van der Waals surface area contributed by atoms with E-state index in [4.69, 9.17) is 0 Å². The molecule has 2 aliphatic heterocycles. The van der Waals surface area contributed by atoms with Gasteiger partial charge in [0.05, 0.1) is 12.6 Å². The van der Waals surface area contributed by atoms with Gasteiger partial charge in [0.1, 0.15) is 5.82 Å². The van der Waals surface area contributed by atoms with Crippen LogP contribution in [-0.2, 0) is 9.59 Å². The highest BCUT2D eigenvalue weighted by atomic mass is 19.1. The molecule has 0 N–H and O–H groups in total. The number of likely N-dealkylation sites (tertiary alicyclic amines) is 2. The lowest BCUT2D eigenvalue weighted by molar-refractivity contribution is -0.142. The van der Waals surface area contributed by atoms with Crippen molar-refractivity contribution in [3.8, 4) is 0 Å². The fraction of sp³-hybridized carbons (Fsp3) is 0.556. The molecular weight excluding hydrogens is 295 g/mol. The molecule has 4 nitrogen and oxygen atoms in total. The number of rotatable bonds is 3. The van der Waals surface area contributed by atoms with Gasteiger partial charge in [-0.15, -0.1) is 0 Å². The first-order valence-electron chi connectivity index (χ1n) is 8.39. The molecule has 23 heavy (non-hydrogen) atoms. The third-order valence-corrected chi connectivity index (χ3v) is 4.96. The zero-order valence-corrected chi connectivity index (χ0v) is 13.5. The van der Waals surface area contributed by atoms with E-state index in [0.717, 1.165) is 24.8 Å². The van der Waals surface area contributed by atoms with Crippen molar-refractivity contribution in [2.24, 2.45) is 5.92 Å². The Hall–Kier alpha value is -1.91. The Balaban J connectivity index is 1.75. The molecule has 2 heterocycles. The van der Waals surface area contributed by atoms with Crippen molar-refractivity contribution in [1.29, 1.82) is 0 Å². The first kappa shape index (κ1) is 16.0. The van der Waals surface area contributed by atoms with E-state index in [9.17, 15) is 14.0 Å². The summed E-state index contributed by atoms with van der Waals surface area (Å²) in [5, 5.41) is 0. The van der Waals surface area contributed by atoms with Gasteiger partial charge in [-0.1, -0.05) is 19.1 Å². The van der Waals surface area contributed by atoms with E-state index in [2.05, 4.69) is 6.92 Å². The molecular formula is C18H23FN2O2. The van der Waals surface area contributed by atoms with Crippen LogP contribution >= 0.6 is 0 Å². The van der Waals surface area contributed by atoms with Crippen molar-refractivity contribution in [2.45, 2.75) is 38.6 Å². The molecule has 0 spiro atoms. The summed E-state index contributed by atoms with van der Waals surface area (Å²) in [6.45, 7) is 3.58. The van der Waals surface area contributed by atoms with Gasteiger partial charge < -0.3 is 9.80 Å². The minimum Gasteiger partial charge on any atom is -0.334 e. The Morgan fingerprint density at radius 3 is 2.87 bits per heavy atom. The van der Waals surface area contributed by atoms with Gasteiger partial charge in [0, 0.05) is 19.5 Å². The zero-order chi connectivity index (χ0) is 16.4. The molecule has 0 aliphatic carbocycles. The molecule has 0 saturated carbocycles. The highest BCUT2D eigenvalue weighted by Crippen LogP contribution is 2.37. The van der Waals surface area contributed by atoms with Crippen LogP contribution in [0.3, 0.4) is 0 Å². The van der Waals surface area contributed by atoms with Crippen LogP contribution in [0.15, 0.2) is 24.3 Å². The van der Waals surface area contributed by atoms with Crippen molar-refractivity contribution in [2.75, 3.05) is 19.6 Å². The fourth-order valence-electron chi connectivity index (χ4n) is 3.71. The predicted octanol–water partition coefficient (Wildman–Crippen LogP) is 2.75. The molecule has 0 radical (unpaired) electrons. The second-order valence-corrected chi connectivity index (χ2v) is 6.63. The van der Waals surface area contributed by atoms with E-state index in [-0.39, 0.29) is 36.1 Å². The molecule has 1 aromatic rings. The van der Waals surface area contributed by atoms with Gasteiger partial charge in [0.2, 0.25) is 11.8 Å². The molecule has 0 unspecified atom stereocenters. The molecule has 124 valence electrons. The maximum absolute atomic E-state index is 13.5. The summed E-state index contributed by atoms with van der Waals surface area (Å²) in [5.74, 6) is 0.0519. The van der Waals surface area contributed by atoms with Crippen molar-refractivity contribution < 1.29 is 14.0 Å². The van der Waals surface area contributed by atoms with E-state index >= 15 is 0 Å². The van der Waals surface area contributed by atoms with Gasteiger partial charge >= 0.3 is 0 Å². The Morgan fingerprint density at radius 2 is 2.13 bits per heavy atom. The van der Waals surface area contributed by atoms with Crippen molar-refractivity contribution >= 4 is 11.8 Å². The lowest BCUT2D eigenvalue weighted by Crippen LogP contribution is -2.44. The molecule has 2 atom stereocenters. The van der Waals surface area contributed by atoms with Gasteiger partial charge in [-0.25, -0.2) is 4.39 Å². The smallest absolute Gasteiger partial charge is 0.242 e. The Kier molecular flexibility index (Phi) is 4.64. The molecule has 0 aromatic heterocycles. The number of piperidine rings is 1. The van der Waals surface area contributed by atoms with E-state index in [1.54, 1.807) is 11.0 Å². The number of hydrogen-bond donors (Lipinski definition) is 0. The summed E-state index contributed by atoms with van der Waals surface area (Å²) in [7, 11) is 0. The van der Waals surface area contributed by atoms with E-state index in [1.807, 2.05) is 11.0 Å². The zero-order valence-electron chi connectivity index (χ0n) is 13.5. The van der Waals surface area contributed by atoms with Crippen LogP contribution in [0.1, 0.15) is 44.2 Å². The molecule has 2 amide bonds. The Morgan fingerprint density at radius 1 is 1.30 bits per heavy atom. The number of halogens is 1. The summed E-state index contributed by atoms with van der Waals surface area (Å²) < 4.78 is 13.5. The van der Waals surface area contributed by atoms with Gasteiger partial charge in [0.15, 0.2) is 0 Å². The maximum Gasteiger partial charge on any atom is 0.242 e. The Labute approximate surface area is 136 Å². The first-order chi connectivity index (χ1) is 11.1. The molecule has 2 aliphatic rings. The SMILES string of the molecule is C[C@@H]1CCN(C(=O)CN2CCCCC2=O)[C@H]1c1cccc(F)c1. The largest absolute Gasteiger partial charge is 0.334 e. The summed E-state index contributed by atoms with van der Waals surface area (Å²) in [5.41, 5.74) is 0.841. The molecule has 3 rings (SSSR count). The van der Waals surface area contributed by atoms with Crippen molar-refractivity contribution in [1.82, 2.24) is 9.80 Å². The summed E-state index contributed by atoms with van der Waals surface area (Å²) in [4.78, 5) is 28.1. The lowest BCUT2D eigenvalue weighted by Gasteiger charge is -2.32. The van der Waals surface area contributed by atoms with E-state index < -0.39 is 0 Å². The summed E-state index contributed by atoms with van der Waals surface area (Å²) >= 11 is 0. The first-order valence-corrected chi connectivity index (χ1v) is 8.39. The number of nitrogens with zero attached hydrogens (tertiary/aromatic N) is 2. The molecule has 2 fully saturated rings. The topological polar surface area (TPSA) is 40.6 Å². The minimum absolute atomic E-state index is 0.0288. The highest BCUT2D eigenvalue weighted by Gasteiger charge is 2.36. The number of carbonyl (C=O) groups excluding carboxylic acids is 2. The fourth-order valence-corrected chi connectivity index (χ4v) is 3.71. The average Bonchev–Trinajstić information content (AvgIpc) is 2.91. The third-order valence-electron chi connectivity index (χ3n) is 4.96. The van der Waals surface area contributed by atoms with Crippen LogP contribution in [0.25, 0.3) is 0 Å². The highest BCUT2D eigenvalue weighted by molar-refractivity contribution is 5.85. The van der Waals surface area contributed by atoms with E-state index in [0.29, 0.717) is 19.5 Å². The summed E-state index contributed by atoms with van der Waals surface area (Å²) in [6.07, 6.45) is 3.32. The third kappa shape index (κ3) is 3.38.